The predicted octanol–water partition coefficient (Wildman–Crippen LogP) is 4.32. The Hall–Kier alpha value is -1.75. The molecular formula is C19H21Cl2NO3. The Kier molecular flexibility index (Phi) is 4.04. The molecule has 2 N–H and O–H groups in total. The number of aliphatic hydroxyl groups is 1. The minimum absolute atomic E-state index is 0.00564. The van der Waals surface area contributed by atoms with Gasteiger partial charge in [0.1, 0.15) is 11.9 Å². The molecule has 0 saturated heterocycles. The monoisotopic (exact) mass is 388 g/mol. The van der Waals surface area contributed by atoms with E-state index in [1.165, 1.54) is 37.4 Å². The van der Waals surface area contributed by atoms with Crippen molar-refractivity contribution in [2.45, 2.75) is 25.7 Å². The fraction of sp³-hybridized carbons (Fsp3) is 0.316. The van der Waals surface area contributed by atoms with Crippen molar-refractivity contribution >= 4 is 29.1 Å². The van der Waals surface area contributed by atoms with Crippen molar-refractivity contribution < 1.29 is 24.2 Å². The molecule has 0 radical (unpaired) electrons. The molecule has 0 heterocycles. The summed E-state index contributed by atoms with van der Waals surface area (Å²) in [6.07, 6.45) is -1.46. The van der Waals surface area contributed by atoms with Crippen molar-refractivity contribution in [2.24, 2.45) is 0 Å². The zero-order valence-electron chi connectivity index (χ0n) is 20.3. The average Bonchev–Trinajstić information content (AvgIpc) is 2.69. The third-order valence-corrected chi connectivity index (χ3v) is 4.09. The number of aliphatic hydroxyl groups excluding tert-OH is 1. The van der Waals surface area contributed by atoms with E-state index in [0.29, 0.717) is 0 Å². The van der Waals surface area contributed by atoms with Crippen LogP contribution < -0.4 is 10.1 Å². The van der Waals surface area contributed by atoms with Gasteiger partial charge in [-0.25, -0.2) is 0 Å². The van der Waals surface area contributed by atoms with Gasteiger partial charge in [0.25, 0.3) is 5.91 Å². The highest BCUT2D eigenvalue weighted by molar-refractivity contribution is 6.36. The van der Waals surface area contributed by atoms with Crippen LogP contribution in [0.3, 0.4) is 0 Å². The third-order valence-electron chi connectivity index (χ3n) is 3.47. The highest BCUT2D eigenvalue weighted by atomic mass is 35.5. The summed E-state index contributed by atoms with van der Waals surface area (Å²) >= 11 is 12.5. The Morgan fingerprint density at radius 3 is 2.52 bits per heavy atom. The molecule has 4 nitrogen and oxygen atoms in total. The molecule has 0 aliphatic heterocycles. The number of ether oxygens (including phenoxy) is 1. The number of carbonyl (C=O) groups excluding carboxylic acids is 1. The maximum Gasteiger partial charge on any atom is 0.257 e. The van der Waals surface area contributed by atoms with Crippen molar-refractivity contribution in [3.05, 3.63) is 63.1 Å². The van der Waals surface area contributed by atoms with Crippen LogP contribution in [0.4, 0.5) is 0 Å². The van der Waals surface area contributed by atoms with Crippen LogP contribution in [-0.2, 0) is 4.79 Å². The lowest BCUT2D eigenvalue weighted by Gasteiger charge is -2.18. The molecule has 0 aliphatic carbocycles. The quantitative estimate of drug-likeness (QED) is 0.774. The third kappa shape index (κ3) is 4.88. The maximum atomic E-state index is 11.3. The van der Waals surface area contributed by atoms with E-state index in [1.54, 1.807) is 0 Å². The van der Waals surface area contributed by atoms with Crippen LogP contribution >= 0.6 is 23.2 Å². The summed E-state index contributed by atoms with van der Waals surface area (Å²) in [5.74, 6) is -3.11. The Morgan fingerprint density at radius 1 is 1.28 bits per heavy atom. The molecule has 1 unspecified atom stereocenters. The van der Waals surface area contributed by atoms with Crippen molar-refractivity contribution in [1.29, 1.82) is 0 Å². The van der Waals surface area contributed by atoms with Crippen LogP contribution in [0.15, 0.2) is 36.4 Å². The fourth-order valence-electron chi connectivity index (χ4n) is 2.16. The lowest BCUT2D eigenvalue weighted by atomic mass is 9.95. The first-order chi connectivity index (χ1) is 14.6. The fourth-order valence-corrected chi connectivity index (χ4v) is 2.83. The van der Waals surface area contributed by atoms with Crippen molar-refractivity contribution in [2.75, 3.05) is 13.7 Å². The SMILES string of the molecule is [2H]C([2H])([2H])C([2H])(c1cccc(C(O)c2c(Cl)cc(OCC(=O)NC)cc2Cl)c1)C([2H])([2H])[2H]. The van der Waals surface area contributed by atoms with Gasteiger partial charge in [0.2, 0.25) is 0 Å². The van der Waals surface area contributed by atoms with Gasteiger partial charge in [-0.3, -0.25) is 4.79 Å². The highest BCUT2D eigenvalue weighted by Gasteiger charge is 2.20. The summed E-state index contributed by atoms with van der Waals surface area (Å²) in [6, 6.07) is 7.81. The van der Waals surface area contributed by atoms with E-state index in [9.17, 15) is 9.90 Å². The highest BCUT2D eigenvalue weighted by Crippen LogP contribution is 2.37. The second-order valence-corrected chi connectivity index (χ2v) is 5.98. The summed E-state index contributed by atoms with van der Waals surface area (Å²) in [7, 11) is 1.45. The number of likely N-dealkylation sites (N-methyl/N-ethyl adjacent to an activating group) is 1. The molecule has 0 saturated carbocycles. The summed E-state index contributed by atoms with van der Waals surface area (Å²) < 4.78 is 59.4. The summed E-state index contributed by atoms with van der Waals surface area (Å²) in [5, 5.41) is 13.3. The van der Waals surface area contributed by atoms with Gasteiger partial charge in [0, 0.05) is 22.2 Å². The lowest BCUT2D eigenvalue weighted by molar-refractivity contribution is -0.122. The zero-order chi connectivity index (χ0) is 24.5. The normalized spacial score (nSPS) is 17.7. The number of hydrogen-bond donors (Lipinski definition) is 2. The topological polar surface area (TPSA) is 58.6 Å². The van der Waals surface area contributed by atoms with Gasteiger partial charge < -0.3 is 15.2 Å². The second-order valence-electron chi connectivity index (χ2n) is 5.17. The van der Waals surface area contributed by atoms with E-state index in [1.807, 2.05) is 0 Å². The second kappa shape index (κ2) is 8.56. The van der Waals surface area contributed by atoms with Crippen molar-refractivity contribution in [3.63, 3.8) is 0 Å². The van der Waals surface area contributed by atoms with Gasteiger partial charge in [-0.1, -0.05) is 61.2 Å². The minimum atomic E-state index is -3.17. The molecule has 2 aromatic carbocycles. The van der Waals surface area contributed by atoms with Crippen molar-refractivity contribution in [3.8, 4) is 5.75 Å². The Bertz CT molecular complexity index is 959. The molecule has 25 heavy (non-hydrogen) atoms. The first kappa shape index (κ1) is 11.8. The van der Waals surface area contributed by atoms with E-state index in [-0.39, 0.29) is 45.0 Å². The van der Waals surface area contributed by atoms with E-state index >= 15 is 0 Å². The molecule has 0 spiro atoms. The summed E-state index contributed by atoms with van der Waals surface area (Å²) in [4.78, 5) is 11.3. The van der Waals surface area contributed by atoms with Crippen LogP contribution in [0.25, 0.3) is 0 Å². The summed E-state index contributed by atoms with van der Waals surface area (Å²) in [6.45, 7) is -6.61. The molecule has 1 atom stereocenters. The molecule has 0 fully saturated rings. The average molecular weight is 389 g/mol. The van der Waals surface area contributed by atoms with Gasteiger partial charge in [-0.05, 0) is 29.2 Å². The number of benzene rings is 2. The van der Waals surface area contributed by atoms with Gasteiger partial charge in [-0.15, -0.1) is 0 Å². The Labute approximate surface area is 167 Å². The van der Waals surface area contributed by atoms with Crippen LogP contribution in [0.5, 0.6) is 5.75 Å². The molecule has 6 heteroatoms. The van der Waals surface area contributed by atoms with Crippen LogP contribution in [0.1, 0.15) is 52.0 Å². The number of hydrogen-bond acceptors (Lipinski definition) is 3. The van der Waals surface area contributed by atoms with Crippen LogP contribution in [0.2, 0.25) is 10.0 Å². The van der Waals surface area contributed by atoms with Gasteiger partial charge in [0.15, 0.2) is 6.61 Å². The molecule has 0 aliphatic rings. The molecule has 0 aromatic heterocycles. The molecule has 1 amide bonds. The minimum Gasteiger partial charge on any atom is -0.484 e. The first-order valence-corrected chi connectivity index (χ1v) is 8.00. The first-order valence-electron chi connectivity index (χ1n) is 10.7. The lowest BCUT2D eigenvalue weighted by Crippen LogP contribution is -2.24. The molecule has 0 bridgehead atoms. The summed E-state index contributed by atoms with van der Waals surface area (Å²) in [5.41, 5.74) is -0.154. The smallest absolute Gasteiger partial charge is 0.257 e. The predicted molar refractivity (Wildman–Crippen MR) is 101 cm³/mol. The molecule has 134 valence electrons. The van der Waals surface area contributed by atoms with E-state index in [4.69, 9.17) is 37.5 Å². The number of amides is 1. The van der Waals surface area contributed by atoms with Gasteiger partial charge in [0.05, 0.1) is 10.0 Å². The number of carbonyl (C=O) groups is 1. The molecule has 2 rings (SSSR count). The Balaban J connectivity index is 2.47. The number of nitrogens with one attached hydrogen (secondary N) is 1. The zero-order valence-corrected chi connectivity index (χ0v) is 14.8. The van der Waals surface area contributed by atoms with Crippen LogP contribution in [-0.4, -0.2) is 24.7 Å². The number of halogens is 2. The van der Waals surface area contributed by atoms with Crippen molar-refractivity contribution in [1.82, 2.24) is 5.32 Å². The van der Waals surface area contributed by atoms with Gasteiger partial charge >= 0.3 is 0 Å². The molecule has 2 aromatic rings. The largest absolute Gasteiger partial charge is 0.484 e. The number of rotatable bonds is 6. The van der Waals surface area contributed by atoms with Crippen LogP contribution in [0, 0.1) is 0 Å². The van der Waals surface area contributed by atoms with E-state index < -0.39 is 25.7 Å². The van der Waals surface area contributed by atoms with Gasteiger partial charge in [-0.2, -0.15) is 0 Å². The standard InChI is InChI=1S/C19H21Cl2NO3/c1-11(2)12-5-4-6-13(7-12)19(24)18-15(20)8-14(9-16(18)21)25-10-17(23)22-3/h4-9,11,19,24H,10H2,1-3H3,(H,22,23)/i1D3,2D3,11D. The Morgan fingerprint density at radius 2 is 1.92 bits per heavy atom. The van der Waals surface area contributed by atoms with E-state index in [0.717, 1.165) is 6.07 Å². The molecular weight excluding hydrogens is 361 g/mol. The van der Waals surface area contributed by atoms with E-state index in [2.05, 4.69) is 5.32 Å². The maximum absolute atomic E-state index is 11.3.